The highest BCUT2D eigenvalue weighted by atomic mass is 19.4. The maximum absolute atomic E-state index is 11.0. The number of carbonyl (C=O) groups is 2. The second-order valence-corrected chi connectivity index (χ2v) is 9.73. The Labute approximate surface area is 233 Å². The normalized spacial score (nSPS) is 18.6. The van der Waals surface area contributed by atoms with Crippen LogP contribution in [-0.4, -0.2) is 53.6 Å². The van der Waals surface area contributed by atoms with E-state index in [0.29, 0.717) is 24.4 Å². The third-order valence-electron chi connectivity index (χ3n) is 6.48. The highest BCUT2D eigenvalue weighted by molar-refractivity contribution is 5.88. The van der Waals surface area contributed by atoms with Gasteiger partial charge in [0.25, 0.3) is 0 Å². The Bertz CT molecular complexity index is 1080. The quantitative estimate of drug-likeness (QED) is 0.284. The van der Waals surface area contributed by atoms with Gasteiger partial charge in [-0.15, -0.1) is 0 Å². The zero-order chi connectivity index (χ0) is 29.5. The predicted octanol–water partition coefficient (Wildman–Crippen LogP) is 6.29. The van der Waals surface area contributed by atoms with E-state index in [0.717, 1.165) is 18.0 Å². The first-order valence-electron chi connectivity index (χ1n) is 13.4. The van der Waals surface area contributed by atoms with Crippen LogP contribution in [-0.2, 0) is 11.3 Å². The second kappa shape index (κ2) is 16.7. The smallest absolute Gasteiger partial charge is 0.490 e. The number of halogens is 3. The molecule has 2 aliphatic carbocycles. The van der Waals surface area contributed by atoms with Crippen molar-refractivity contribution in [3.8, 4) is 5.75 Å². The molecule has 0 unspecified atom stereocenters. The SMILES string of the molecule is CC/C=C\c1ccccc1.COc1cc(C(=O)O)ccc1CNC1CCC(NC2CC2)CC1.O=C(O)C(F)(F)F. The first kappa shape index (κ1) is 32.8. The van der Waals surface area contributed by atoms with Gasteiger partial charge in [-0.25, -0.2) is 9.59 Å². The molecular weight excluding hydrogens is 525 g/mol. The van der Waals surface area contributed by atoms with Crippen molar-refractivity contribution >= 4 is 18.0 Å². The zero-order valence-electron chi connectivity index (χ0n) is 22.9. The molecule has 0 spiro atoms. The van der Waals surface area contributed by atoms with Crippen LogP contribution < -0.4 is 15.4 Å². The lowest BCUT2D eigenvalue weighted by Crippen LogP contribution is -2.40. The highest BCUT2D eigenvalue weighted by Crippen LogP contribution is 2.26. The van der Waals surface area contributed by atoms with Crippen molar-refractivity contribution in [3.05, 3.63) is 71.3 Å². The van der Waals surface area contributed by atoms with E-state index in [2.05, 4.69) is 54.0 Å². The topological polar surface area (TPSA) is 108 Å². The average Bonchev–Trinajstić information content (AvgIpc) is 3.76. The van der Waals surface area contributed by atoms with Crippen molar-refractivity contribution in [1.29, 1.82) is 0 Å². The minimum absolute atomic E-state index is 0.261. The number of allylic oxidation sites excluding steroid dienone is 1. The third kappa shape index (κ3) is 12.7. The van der Waals surface area contributed by atoms with Gasteiger partial charge in [0.2, 0.25) is 0 Å². The van der Waals surface area contributed by atoms with E-state index in [1.54, 1.807) is 19.2 Å². The molecule has 0 bridgehead atoms. The van der Waals surface area contributed by atoms with Gasteiger partial charge in [0, 0.05) is 30.2 Å². The molecule has 0 aromatic heterocycles. The summed E-state index contributed by atoms with van der Waals surface area (Å²) in [6.45, 7) is 2.86. The van der Waals surface area contributed by atoms with Crippen LogP contribution in [0.3, 0.4) is 0 Å². The van der Waals surface area contributed by atoms with Gasteiger partial charge in [0.05, 0.1) is 12.7 Å². The summed E-state index contributed by atoms with van der Waals surface area (Å²) in [5, 5.41) is 23.5. The Balaban J connectivity index is 0.000000271. The van der Waals surface area contributed by atoms with Crippen LogP contribution >= 0.6 is 0 Å². The van der Waals surface area contributed by atoms with Gasteiger partial charge in [-0.1, -0.05) is 55.5 Å². The first-order chi connectivity index (χ1) is 19.0. The summed E-state index contributed by atoms with van der Waals surface area (Å²) in [4.78, 5) is 19.9. The molecule has 4 rings (SSSR count). The number of hydrogen-bond donors (Lipinski definition) is 4. The Hall–Kier alpha value is -3.37. The summed E-state index contributed by atoms with van der Waals surface area (Å²) in [6, 6.07) is 17.4. The lowest BCUT2D eigenvalue weighted by Gasteiger charge is -2.30. The van der Waals surface area contributed by atoms with Crippen LogP contribution in [0.1, 0.15) is 73.4 Å². The van der Waals surface area contributed by atoms with Gasteiger partial charge in [0.1, 0.15) is 5.75 Å². The standard InChI is InChI=1S/C18H26N2O3.C10H12.C2HF3O2/c1-23-17-10-12(18(21)22)2-3-13(17)11-19-14-4-6-15(7-5-14)20-16-8-9-16;1-2-3-7-10-8-5-4-6-9-10;3-2(4,5)1(6)7/h2-3,10,14-16,19-20H,4-9,11H2,1H3,(H,21,22);3-9H,2H2,1H3;(H,6,7)/b;7-3-;. The van der Waals surface area contributed by atoms with Crippen LogP contribution in [0.25, 0.3) is 6.08 Å². The largest absolute Gasteiger partial charge is 0.496 e. The molecule has 2 fully saturated rings. The first-order valence-corrected chi connectivity index (χ1v) is 13.4. The van der Waals surface area contributed by atoms with Crippen molar-refractivity contribution in [1.82, 2.24) is 10.6 Å². The molecule has 2 aliphatic rings. The second-order valence-electron chi connectivity index (χ2n) is 9.73. The lowest BCUT2D eigenvalue weighted by atomic mass is 9.91. The zero-order valence-corrected chi connectivity index (χ0v) is 22.9. The molecule has 0 atom stereocenters. The van der Waals surface area contributed by atoms with Crippen LogP contribution in [0.5, 0.6) is 5.75 Å². The summed E-state index contributed by atoms with van der Waals surface area (Å²) >= 11 is 0. The highest BCUT2D eigenvalue weighted by Gasteiger charge is 2.38. The Kier molecular flexibility index (Phi) is 13.7. The molecule has 0 aliphatic heterocycles. The maximum atomic E-state index is 11.0. The van der Waals surface area contributed by atoms with E-state index in [1.165, 1.54) is 44.1 Å². The summed E-state index contributed by atoms with van der Waals surface area (Å²) in [7, 11) is 1.58. The van der Waals surface area contributed by atoms with E-state index in [-0.39, 0.29) is 5.56 Å². The number of carboxylic acids is 2. The molecule has 0 saturated heterocycles. The molecule has 0 heterocycles. The van der Waals surface area contributed by atoms with Gasteiger partial charge in [0.15, 0.2) is 0 Å². The van der Waals surface area contributed by atoms with Gasteiger partial charge >= 0.3 is 18.1 Å². The van der Waals surface area contributed by atoms with Crippen LogP contribution in [0.4, 0.5) is 13.2 Å². The molecular formula is C30H39F3N2O5. The van der Waals surface area contributed by atoms with E-state index >= 15 is 0 Å². The number of aromatic carboxylic acids is 1. The summed E-state index contributed by atoms with van der Waals surface area (Å²) in [5.41, 5.74) is 2.55. The molecule has 220 valence electrons. The van der Waals surface area contributed by atoms with Gasteiger partial charge in [-0.3, -0.25) is 0 Å². The molecule has 10 heteroatoms. The predicted molar refractivity (Wildman–Crippen MR) is 148 cm³/mol. The fourth-order valence-corrected chi connectivity index (χ4v) is 4.14. The lowest BCUT2D eigenvalue weighted by molar-refractivity contribution is -0.192. The Morgan fingerprint density at radius 3 is 1.98 bits per heavy atom. The van der Waals surface area contributed by atoms with Crippen LogP contribution in [0, 0.1) is 0 Å². The van der Waals surface area contributed by atoms with E-state index in [9.17, 15) is 18.0 Å². The molecule has 2 aromatic rings. The summed E-state index contributed by atoms with van der Waals surface area (Å²) < 4.78 is 37.1. The van der Waals surface area contributed by atoms with Crippen molar-refractivity contribution in [2.24, 2.45) is 0 Å². The number of aliphatic carboxylic acids is 1. The van der Waals surface area contributed by atoms with Crippen LogP contribution in [0.15, 0.2) is 54.6 Å². The van der Waals surface area contributed by atoms with Gasteiger partial charge in [-0.2, -0.15) is 13.2 Å². The Morgan fingerprint density at radius 2 is 1.50 bits per heavy atom. The molecule has 0 amide bonds. The minimum atomic E-state index is -5.08. The fourth-order valence-electron chi connectivity index (χ4n) is 4.14. The Morgan fingerprint density at radius 1 is 0.950 bits per heavy atom. The van der Waals surface area contributed by atoms with Gasteiger partial charge in [-0.05, 0) is 62.6 Å². The molecule has 40 heavy (non-hydrogen) atoms. The van der Waals surface area contributed by atoms with Crippen LogP contribution in [0.2, 0.25) is 0 Å². The number of hydrogen-bond acceptors (Lipinski definition) is 5. The number of carboxylic acid groups (broad SMARTS) is 2. The summed E-state index contributed by atoms with van der Waals surface area (Å²) in [6.07, 6.45) is 7.89. The number of methoxy groups -OCH3 is 1. The fraction of sp³-hybridized carbons (Fsp3) is 0.467. The van der Waals surface area contributed by atoms with Crippen molar-refractivity contribution in [2.45, 2.75) is 82.7 Å². The van der Waals surface area contributed by atoms with E-state index in [1.807, 2.05) is 12.1 Å². The van der Waals surface area contributed by atoms with Gasteiger partial charge < -0.3 is 25.6 Å². The molecule has 4 N–H and O–H groups in total. The monoisotopic (exact) mass is 564 g/mol. The number of alkyl halides is 3. The van der Waals surface area contributed by atoms with Crippen molar-refractivity contribution < 1.29 is 37.7 Å². The minimum Gasteiger partial charge on any atom is -0.496 e. The number of nitrogens with one attached hydrogen (secondary N) is 2. The van der Waals surface area contributed by atoms with Crippen molar-refractivity contribution in [2.75, 3.05) is 7.11 Å². The average molecular weight is 565 g/mol. The number of benzene rings is 2. The van der Waals surface area contributed by atoms with E-state index in [4.69, 9.17) is 19.7 Å². The maximum Gasteiger partial charge on any atom is 0.490 e. The van der Waals surface area contributed by atoms with Crippen molar-refractivity contribution in [3.63, 3.8) is 0 Å². The third-order valence-corrected chi connectivity index (χ3v) is 6.48. The molecule has 2 saturated carbocycles. The molecule has 2 aromatic carbocycles. The number of ether oxygens (including phenoxy) is 1. The number of rotatable bonds is 9. The molecule has 0 radical (unpaired) electrons. The molecule has 7 nitrogen and oxygen atoms in total. The van der Waals surface area contributed by atoms with E-state index < -0.39 is 18.1 Å². The summed E-state index contributed by atoms with van der Waals surface area (Å²) in [5.74, 6) is -3.04.